The Morgan fingerprint density at radius 3 is 2.27 bits per heavy atom. The van der Waals surface area contributed by atoms with Crippen LogP contribution in [-0.4, -0.2) is 20.6 Å². The van der Waals surface area contributed by atoms with Crippen molar-refractivity contribution >= 4 is 33.0 Å². The Morgan fingerprint density at radius 2 is 1.63 bits per heavy atom. The molecule has 0 bridgehead atoms. The Bertz CT molecular complexity index is 1270. The normalized spacial score (nSPS) is 18.2. The molecule has 3 aromatic carbocycles. The number of carbonyl (C=O) groups excluding carboxylic acids is 1. The molecule has 154 valence electrons. The summed E-state index contributed by atoms with van der Waals surface area (Å²) >= 11 is 5.93. The first-order valence-corrected chi connectivity index (χ1v) is 11.6. The number of nitrogens with one attached hydrogen (secondary N) is 1. The van der Waals surface area contributed by atoms with E-state index in [9.17, 15) is 17.6 Å². The van der Waals surface area contributed by atoms with Gasteiger partial charge in [0.25, 0.3) is 0 Å². The van der Waals surface area contributed by atoms with Crippen LogP contribution in [0, 0.1) is 5.82 Å². The van der Waals surface area contributed by atoms with Gasteiger partial charge >= 0.3 is 0 Å². The lowest BCUT2D eigenvalue weighted by molar-refractivity contribution is -0.120. The summed E-state index contributed by atoms with van der Waals surface area (Å²) in [7, 11) is -3.28. The smallest absolute Gasteiger partial charge is 0.235 e. The lowest BCUT2D eigenvalue weighted by atomic mass is 9.77. The largest absolute Gasteiger partial charge is 0.325 e. The van der Waals surface area contributed by atoms with Crippen LogP contribution in [0.15, 0.2) is 65.6 Å². The molecule has 0 aromatic heterocycles. The maximum Gasteiger partial charge on any atom is 0.235 e. The second kappa shape index (κ2) is 7.22. The highest BCUT2D eigenvalue weighted by Crippen LogP contribution is 2.42. The zero-order valence-corrected chi connectivity index (χ0v) is 17.9. The number of anilines is 1. The third-order valence-electron chi connectivity index (χ3n) is 5.53. The third-order valence-corrected chi connectivity index (χ3v) is 6.94. The van der Waals surface area contributed by atoms with E-state index >= 15 is 0 Å². The highest BCUT2D eigenvalue weighted by Gasteiger charge is 2.42. The summed E-state index contributed by atoms with van der Waals surface area (Å²) in [5.74, 6) is -0.611. The fraction of sp³-hybridized carbons (Fsp3) is 0.174. The number of rotatable bonds is 4. The maximum absolute atomic E-state index is 13.5. The molecule has 0 spiro atoms. The number of sulfone groups is 1. The molecule has 0 fully saturated rings. The summed E-state index contributed by atoms with van der Waals surface area (Å²) in [4.78, 5) is 13.1. The Hall–Kier alpha value is -2.70. The molecule has 1 amide bonds. The van der Waals surface area contributed by atoms with Crippen molar-refractivity contribution in [2.75, 3.05) is 11.6 Å². The molecule has 1 aliphatic rings. The molecule has 0 saturated heterocycles. The molecule has 0 radical (unpaired) electrons. The minimum atomic E-state index is -3.28. The standard InChI is InChI=1S/C23H19ClFNO3S/c1-23(13-14-3-7-17(8-4-14)30(2,28)29)18-11-15(6-10-21(18)26-22(23)27)16-5-9-20(25)19(24)12-16/h3-12H,13H2,1-2H3,(H,26,27). The van der Waals surface area contributed by atoms with E-state index in [2.05, 4.69) is 5.32 Å². The van der Waals surface area contributed by atoms with Crippen LogP contribution in [0.1, 0.15) is 18.1 Å². The van der Waals surface area contributed by atoms with E-state index in [1.165, 1.54) is 6.07 Å². The average Bonchev–Trinajstić information content (AvgIpc) is 2.93. The summed E-state index contributed by atoms with van der Waals surface area (Å²) in [5, 5.41) is 2.96. The quantitative estimate of drug-likeness (QED) is 0.617. The fourth-order valence-electron chi connectivity index (χ4n) is 3.79. The SMILES string of the molecule is CC1(Cc2ccc(S(C)(=O)=O)cc2)C(=O)Nc2ccc(-c3ccc(F)c(Cl)c3)cc21. The zero-order valence-electron chi connectivity index (χ0n) is 16.4. The molecule has 30 heavy (non-hydrogen) atoms. The van der Waals surface area contributed by atoms with Gasteiger partial charge in [0.05, 0.1) is 15.3 Å². The predicted molar refractivity (Wildman–Crippen MR) is 116 cm³/mol. The molecule has 1 aliphatic heterocycles. The number of benzene rings is 3. The van der Waals surface area contributed by atoms with Crippen molar-refractivity contribution in [2.45, 2.75) is 23.7 Å². The van der Waals surface area contributed by atoms with Gasteiger partial charge in [-0.25, -0.2) is 12.8 Å². The number of fused-ring (bicyclic) bond motifs is 1. The van der Waals surface area contributed by atoms with Gasteiger partial charge in [-0.1, -0.05) is 35.9 Å². The molecule has 1 N–H and O–H groups in total. The van der Waals surface area contributed by atoms with E-state index in [0.717, 1.165) is 34.2 Å². The minimum Gasteiger partial charge on any atom is -0.325 e. The van der Waals surface area contributed by atoms with Gasteiger partial charge in [-0.3, -0.25) is 4.79 Å². The van der Waals surface area contributed by atoms with E-state index in [-0.39, 0.29) is 15.8 Å². The monoisotopic (exact) mass is 443 g/mol. The molecular formula is C23H19ClFNO3S. The highest BCUT2D eigenvalue weighted by molar-refractivity contribution is 7.90. The first kappa shape index (κ1) is 20.6. The lowest BCUT2D eigenvalue weighted by Gasteiger charge is -2.23. The molecule has 4 rings (SSSR count). The minimum absolute atomic E-state index is 0.0379. The lowest BCUT2D eigenvalue weighted by Crippen LogP contribution is -2.33. The Morgan fingerprint density at radius 1 is 1.00 bits per heavy atom. The van der Waals surface area contributed by atoms with E-state index in [1.54, 1.807) is 36.4 Å². The van der Waals surface area contributed by atoms with Gasteiger partial charge in [0.15, 0.2) is 9.84 Å². The number of halogens is 2. The highest BCUT2D eigenvalue weighted by atomic mass is 35.5. The summed E-state index contributed by atoms with van der Waals surface area (Å²) in [6.07, 6.45) is 1.57. The number of amides is 1. The van der Waals surface area contributed by atoms with Gasteiger partial charge in [0.2, 0.25) is 5.91 Å². The number of hydrogen-bond acceptors (Lipinski definition) is 3. The molecular weight excluding hydrogens is 425 g/mol. The van der Waals surface area contributed by atoms with Crippen molar-refractivity contribution in [1.29, 1.82) is 0 Å². The molecule has 0 saturated carbocycles. The Labute approximate surface area is 179 Å². The topological polar surface area (TPSA) is 63.2 Å². The molecule has 0 aliphatic carbocycles. The van der Waals surface area contributed by atoms with Crippen LogP contribution >= 0.6 is 11.6 Å². The van der Waals surface area contributed by atoms with Crippen LogP contribution in [0.3, 0.4) is 0 Å². The van der Waals surface area contributed by atoms with Crippen LogP contribution in [0.2, 0.25) is 5.02 Å². The van der Waals surface area contributed by atoms with Crippen LogP contribution in [-0.2, 0) is 26.5 Å². The molecule has 7 heteroatoms. The first-order chi connectivity index (χ1) is 14.1. The van der Waals surface area contributed by atoms with Gasteiger partial charge in [-0.2, -0.15) is 0 Å². The van der Waals surface area contributed by atoms with E-state index in [1.807, 2.05) is 25.1 Å². The molecule has 3 aromatic rings. The van der Waals surface area contributed by atoms with Gasteiger partial charge in [0, 0.05) is 11.9 Å². The van der Waals surface area contributed by atoms with E-state index < -0.39 is 21.1 Å². The summed E-state index contributed by atoms with van der Waals surface area (Å²) < 4.78 is 36.9. The third kappa shape index (κ3) is 3.61. The maximum atomic E-state index is 13.5. The van der Waals surface area contributed by atoms with Crippen LogP contribution < -0.4 is 5.32 Å². The molecule has 4 nitrogen and oxygen atoms in total. The van der Waals surface area contributed by atoms with Gasteiger partial charge in [0.1, 0.15) is 5.82 Å². The zero-order chi connectivity index (χ0) is 21.7. The fourth-order valence-corrected chi connectivity index (χ4v) is 4.60. The van der Waals surface area contributed by atoms with Gasteiger partial charge in [-0.15, -0.1) is 0 Å². The summed E-state index contributed by atoms with van der Waals surface area (Å²) in [6.45, 7) is 1.86. The van der Waals surface area contributed by atoms with E-state index in [4.69, 9.17) is 11.6 Å². The van der Waals surface area contributed by atoms with Crippen LogP contribution in [0.5, 0.6) is 0 Å². The van der Waals surface area contributed by atoms with Crippen LogP contribution in [0.4, 0.5) is 10.1 Å². The van der Waals surface area contributed by atoms with Gasteiger partial charge < -0.3 is 5.32 Å². The summed E-state index contributed by atoms with van der Waals surface area (Å²) in [6, 6.07) is 16.7. The second-order valence-electron chi connectivity index (χ2n) is 7.77. The Kier molecular flexibility index (Phi) is 4.95. The second-order valence-corrected chi connectivity index (χ2v) is 10.2. The van der Waals surface area contributed by atoms with Crippen molar-refractivity contribution in [1.82, 2.24) is 0 Å². The summed E-state index contributed by atoms with van der Waals surface area (Å²) in [5.41, 5.74) is 3.16. The molecule has 1 heterocycles. The first-order valence-electron chi connectivity index (χ1n) is 9.28. The van der Waals surface area contributed by atoms with Crippen LogP contribution in [0.25, 0.3) is 11.1 Å². The van der Waals surface area contributed by atoms with Crippen molar-refractivity contribution in [3.63, 3.8) is 0 Å². The van der Waals surface area contributed by atoms with E-state index in [0.29, 0.717) is 6.42 Å². The molecule has 1 unspecified atom stereocenters. The van der Waals surface area contributed by atoms with Gasteiger partial charge in [-0.05, 0) is 72.0 Å². The number of carbonyl (C=O) groups is 1. The van der Waals surface area contributed by atoms with Crippen molar-refractivity contribution in [3.8, 4) is 11.1 Å². The van der Waals surface area contributed by atoms with Crippen molar-refractivity contribution in [3.05, 3.63) is 82.6 Å². The Balaban J connectivity index is 1.72. The predicted octanol–water partition coefficient (Wildman–Crippen LogP) is 5.00. The number of hydrogen-bond donors (Lipinski definition) is 1. The van der Waals surface area contributed by atoms with Crippen molar-refractivity contribution in [2.24, 2.45) is 0 Å². The van der Waals surface area contributed by atoms with Crippen molar-refractivity contribution < 1.29 is 17.6 Å². The average molecular weight is 444 g/mol. The molecule has 1 atom stereocenters.